The Hall–Kier alpha value is -4.52. The lowest BCUT2D eigenvalue weighted by atomic mass is 10.1. The molecule has 0 fully saturated rings. The second-order valence-electron chi connectivity index (χ2n) is 7.91. The second-order valence-corrected chi connectivity index (χ2v) is 7.91. The Morgan fingerprint density at radius 2 is 1.64 bits per heavy atom. The first-order valence-electron chi connectivity index (χ1n) is 10.5. The minimum atomic E-state index is -0.398. The SMILES string of the molecule is Cc1cccc(Cn2cc(NC(=O)c3cccc(N4C(=O)c5ccccc5C4=O)c3)cn2)c1. The summed E-state index contributed by atoms with van der Waals surface area (Å²) in [6.45, 7) is 2.63. The van der Waals surface area contributed by atoms with Crippen LogP contribution in [0.4, 0.5) is 11.4 Å². The van der Waals surface area contributed by atoms with Crippen molar-refractivity contribution in [1.82, 2.24) is 9.78 Å². The van der Waals surface area contributed by atoms with Crippen LogP contribution in [0.25, 0.3) is 0 Å². The number of carbonyl (C=O) groups is 3. The van der Waals surface area contributed by atoms with E-state index in [9.17, 15) is 14.4 Å². The number of rotatable bonds is 5. The maximum absolute atomic E-state index is 12.8. The number of carbonyl (C=O) groups excluding carboxylic acids is 3. The predicted octanol–water partition coefficient (Wildman–Crippen LogP) is 4.29. The molecular weight excluding hydrogens is 416 g/mol. The van der Waals surface area contributed by atoms with Crippen LogP contribution in [0, 0.1) is 6.92 Å². The summed E-state index contributed by atoms with van der Waals surface area (Å²) in [6.07, 6.45) is 3.34. The van der Waals surface area contributed by atoms with E-state index >= 15 is 0 Å². The minimum absolute atomic E-state index is 0.329. The number of fused-ring (bicyclic) bond motifs is 1. The third-order valence-corrected chi connectivity index (χ3v) is 5.48. The average molecular weight is 436 g/mol. The zero-order valence-electron chi connectivity index (χ0n) is 17.9. The Morgan fingerprint density at radius 3 is 2.36 bits per heavy atom. The third kappa shape index (κ3) is 3.92. The monoisotopic (exact) mass is 436 g/mol. The highest BCUT2D eigenvalue weighted by molar-refractivity contribution is 6.34. The number of hydrogen-bond donors (Lipinski definition) is 1. The van der Waals surface area contributed by atoms with Crippen LogP contribution >= 0.6 is 0 Å². The van der Waals surface area contributed by atoms with E-state index in [0.29, 0.717) is 34.6 Å². The van der Waals surface area contributed by atoms with Crippen molar-refractivity contribution in [1.29, 1.82) is 0 Å². The Labute approximate surface area is 190 Å². The summed E-state index contributed by atoms with van der Waals surface area (Å²) in [5.41, 5.74) is 4.24. The van der Waals surface area contributed by atoms with Crippen molar-refractivity contribution in [2.75, 3.05) is 10.2 Å². The summed E-state index contributed by atoms with van der Waals surface area (Å²) in [4.78, 5) is 39.4. The van der Waals surface area contributed by atoms with Crippen LogP contribution in [0.5, 0.6) is 0 Å². The highest BCUT2D eigenvalue weighted by Crippen LogP contribution is 2.29. The largest absolute Gasteiger partial charge is 0.319 e. The Balaban J connectivity index is 1.32. The van der Waals surface area contributed by atoms with Crippen LogP contribution in [-0.4, -0.2) is 27.5 Å². The van der Waals surface area contributed by atoms with E-state index in [0.717, 1.165) is 10.5 Å². The fraction of sp³-hybridized carbons (Fsp3) is 0.0769. The summed E-state index contributed by atoms with van der Waals surface area (Å²) >= 11 is 0. The molecule has 0 unspecified atom stereocenters. The molecule has 1 aliphatic rings. The van der Waals surface area contributed by atoms with Crippen molar-refractivity contribution < 1.29 is 14.4 Å². The molecule has 33 heavy (non-hydrogen) atoms. The number of nitrogens with zero attached hydrogens (tertiary/aromatic N) is 3. The average Bonchev–Trinajstić information content (AvgIpc) is 3.35. The van der Waals surface area contributed by atoms with E-state index in [4.69, 9.17) is 0 Å². The van der Waals surface area contributed by atoms with Crippen LogP contribution in [0.3, 0.4) is 0 Å². The van der Waals surface area contributed by atoms with Crippen molar-refractivity contribution >= 4 is 29.1 Å². The van der Waals surface area contributed by atoms with Gasteiger partial charge in [-0.25, -0.2) is 4.90 Å². The van der Waals surface area contributed by atoms with Gasteiger partial charge in [-0.1, -0.05) is 48.0 Å². The highest BCUT2D eigenvalue weighted by atomic mass is 16.2. The molecule has 0 atom stereocenters. The van der Waals surface area contributed by atoms with Gasteiger partial charge >= 0.3 is 0 Å². The summed E-state index contributed by atoms with van der Waals surface area (Å²) < 4.78 is 1.75. The molecule has 0 spiro atoms. The van der Waals surface area contributed by atoms with Crippen LogP contribution in [0.2, 0.25) is 0 Å². The van der Waals surface area contributed by atoms with E-state index in [1.54, 1.807) is 59.5 Å². The molecule has 0 bridgehead atoms. The fourth-order valence-corrected chi connectivity index (χ4v) is 3.93. The summed E-state index contributed by atoms with van der Waals surface area (Å²) in [7, 11) is 0. The maximum atomic E-state index is 12.8. The van der Waals surface area contributed by atoms with Crippen molar-refractivity contribution in [2.45, 2.75) is 13.5 Å². The summed E-state index contributed by atoms with van der Waals surface area (Å²) in [5.74, 6) is -1.15. The molecule has 3 aromatic carbocycles. The first kappa shape index (κ1) is 20.4. The molecule has 3 amide bonds. The van der Waals surface area contributed by atoms with E-state index in [2.05, 4.69) is 16.5 Å². The molecule has 2 heterocycles. The standard InChI is InChI=1S/C26H20N4O3/c1-17-6-4-7-18(12-17)15-29-16-20(14-27-29)28-24(31)19-8-5-9-21(13-19)30-25(32)22-10-2-3-11-23(22)26(30)33/h2-14,16H,15H2,1H3,(H,28,31). The smallest absolute Gasteiger partial charge is 0.266 e. The quantitative estimate of drug-likeness (QED) is 0.473. The first-order valence-corrected chi connectivity index (χ1v) is 10.5. The second kappa shape index (κ2) is 8.20. The minimum Gasteiger partial charge on any atom is -0.319 e. The fourth-order valence-electron chi connectivity index (χ4n) is 3.93. The van der Waals surface area contributed by atoms with Gasteiger partial charge in [-0.05, 0) is 42.8 Å². The number of nitrogens with one attached hydrogen (secondary N) is 1. The molecule has 1 aromatic heterocycles. The molecule has 1 N–H and O–H groups in total. The van der Waals surface area contributed by atoms with Gasteiger partial charge in [0.15, 0.2) is 0 Å². The Morgan fingerprint density at radius 1 is 0.909 bits per heavy atom. The Bertz CT molecular complexity index is 1370. The van der Waals surface area contributed by atoms with Gasteiger partial charge in [0.1, 0.15) is 0 Å². The number of aromatic nitrogens is 2. The molecule has 1 aliphatic heterocycles. The lowest BCUT2D eigenvalue weighted by Crippen LogP contribution is -2.29. The number of aryl methyl sites for hydroxylation is 1. The molecule has 0 radical (unpaired) electrons. The van der Waals surface area contributed by atoms with Gasteiger partial charge in [0.25, 0.3) is 17.7 Å². The molecule has 0 saturated carbocycles. The van der Waals surface area contributed by atoms with Crippen LogP contribution in [0.15, 0.2) is 85.2 Å². The van der Waals surface area contributed by atoms with Crippen molar-refractivity contribution in [3.05, 3.63) is 113 Å². The number of hydrogen-bond acceptors (Lipinski definition) is 4. The number of anilines is 2. The third-order valence-electron chi connectivity index (χ3n) is 5.48. The molecule has 7 heteroatoms. The topological polar surface area (TPSA) is 84.3 Å². The van der Waals surface area contributed by atoms with Gasteiger partial charge < -0.3 is 5.32 Å². The molecule has 5 rings (SSSR count). The Kier molecular flexibility index (Phi) is 5.06. The lowest BCUT2D eigenvalue weighted by molar-refractivity contribution is 0.0924. The van der Waals surface area contributed by atoms with Crippen molar-refractivity contribution in [3.8, 4) is 0 Å². The molecule has 162 valence electrons. The van der Waals surface area contributed by atoms with Gasteiger partial charge in [-0.2, -0.15) is 5.10 Å². The number of amides is 3. The molecule has 0 saturated heterocycles. The van der Waals surface area contributed by atoms with Crippen LogP contribution < -0.4 is 10.2 Å². The number of benzene rings is 3. The summed E-state index contributed by atoms with van der Waals surface area (Å²) in [6, 6.07) is 21.3. The molecular formula is C26H20N4O3. The van der Waals surface area contributed by atoms with Gasteiger partial charge in [0.05, 0.1) is 35.2 Å². The van der Waals surface area contributed by atoms with E-state index in [1.807, 2.05) is 25.1 Å². The van der Waals surface area contributed by atoms with E-state index in [1.165, 1.54) is 11.6 Å². The normalized spacial score (nSPS) is 12.7. The van der Waals surface area contributed by atoms with Crippen molar-refractivity contribution in [3.63, 3.8) is 0 Å². The van der Waals surface area contributed by atoms with Crippen LogP contribution in [0.1, 0.15) is 42.2 Å². The van der Waals surface area contributed by atoms with E-state index < -0.39 is 11.8 Å². The highest BCUT2D eigenvalue weighted by Gasteiger charge is 2.36. The zero-order chi connectivity index (χ0) is 22.9. The van der Waals surface area contributed by atoms with Crippen LogP contribution in [-0.2, 0) is 6.54 Å². The van der Waals surface area contributed by atoms with E-state index in [-0.39, 0.29) is 5.91 Å². The zero-order valence-corrected chi connectivity index (χ0v) is 17.9. The van der Waals surface area contributed by atoms with Gasteiger partial charge in [0.2, 0.25) is 0 Å². The van der Waals surface area contributed by atoms with Crippen molar-refractivity contribution in [2.24, 2.45) is 0 Å². The van der Waals surface area contributed by atoms with Gasteiger partial charge in [0, 0.05) is 11.8 Å². The number of imide groups is 1. The van der Waals surface area contributed by atoms with Gasteiger partial charge in [-0.3, -0.25) is 19.1 Å². The molecule has 4 aromatic rings. The molecule has 0 aliphatic carbocycles. The lowest BCUT2D eigenvalue weighted by Gasteiger charge is -2.15. The summed E-state index contributed by atoms with van der Waals surface area (Å²) in [5, 5.41) is 7.14. The maximum Gasteiger partial charge on any atom is 0.266 e. The van der Waals surface area contributed by atoms with Gasteiger partial charge in [-0.15, -0.1) is 0 Å². The predicted molar refractivity (Wildman–Crippen MR) is 124 cm³/mol. The molecule has 7 nitrogen and oxygen atoms in total. The first-order chi connectivity index (χ1) is 16.0.